The Morgan fingerprint density at radius 1 is 1.24 bits per heavy atom. The molecule has 2 rings (SSSR count). The summed E-state index contributed by atoms with van der Waals surface area (Å²) in [4.78, 5) is 36.0. The number of aliphatic carboxylic acids is 1. The van der Waals surface area contributed by atoms with Crippen LogP contribution in [0.5, 0.6) is 0 Å². The molecule has 0 bridgehead atoms. The van der Waals surface area contributed by atoms with Gasteiger partial charge in [-0.15, -0.1) is 0 Å². The van der Waals surface area contributed by atoms with Crippen LogP contribution in [0.25, 0.3) is 0 Å². The van der Waals surface area contributed by atoms with Crippen LogP contribution in [0.1, 0.15) is 49.0 Å². The number of carbonyl (C=O) groups is 2. The fourth-order valence-corrected chi connectivity index (χ4v) is 2.63. The van der Waals surface area contributed by atoms with E-state index in [1.165, 1.54) is 12.1 Å². The molecule has 1 amide bonds. The summed E-state index contributed by atoms with van der Waals surface area (Å²) in [5.41, 5.74) is -1.29. The number of H-pyrrole nitrogens is 1. The van der Waals surface area contributed by atoms with Crippen molar-refractivity contribution in [2.45, 2.75) is 44.1 Å². The van der Waals surface area contributed by atoms with Gasteiger partial charge in [0.25, 0.3) is 5.91 Å². The average molecular weight is 295 g/mol. The maximum atomic E-state index is 12.1. The molecule has 1 heterocycles. The number of carboxylic acids is 1. The molecule has 114 valence electrons. The largest absolute Gasteiger partial charge is 0.480 e. The van der Waals surface area contributed by atoms with Crippen LogP contribution < -0.4 is 5.32 Å². The smallest absolute Gasteiger partial charge is 0.329 e. The van der Waals surface area contributed by atoms with Crippen LogP contribution >= 0.6 is 0 Å². The first-order valence-electron chi connectivity index (χ1n) is 6.84. The molecule has 0 radical (unpaired) electrons. The third kappa shape index (κ3) is 3.21. The van der Waals surface area contributed by atoms with Crippen LogP contribution in [0.15, 0.2) is 12.1 Å². The number of hydrogen-bond donors (Lipinski definition) is 3. The molecule has 1 aliphatic carbocycles. The summed E-state index contributed by atoms with van der Waals surface area (Å²) in [7, 11) is 0. The maximum Gasteiger partial charge on any atom is 0.329 e. The monoisotopic (exact) mass is 295 g/mol. The minimum absolute atomic E-state index is 0.00780. The molecular formula is C13H17N3O5. The van der Waals surface area contributed by atoms with Gasteiger partial charge in [0.05, 0.1) is 0 Å². The SMILES string of the molecule is O=C(NC1(C(=O)O)CCCCCC1)c1ccc([N+](=O)[O-])[nH]1. The third-order valence-electron chi connectivity index (χ3n) is 3.83. The molecule has 1 saturated carbocycles. The molecule has 1 aromatic heterocycles. The highest BCUT2D eigenvalue weighted by atomic mass is 16.6. The van der Waals surface area contributed by atoms with E-state index >= 15 is 0 Å². The predicted octanol–water partition coefficient (Wildman–Crippen LogP) is 1.83. The normalized spacial score (nSPS) is 17.7. The standard InChI is InChI=1S/C13H17N3O5/c17-11(9-5-6-10(14-9)16(20)21)15-13(12(18)19)7-3-1-2-4-8-13/h5-6,14H,1-4,7-8H2,(H,15,17)(H,18,19). The van der Waals surface area contributed by atoms with Gasteiger partial charge in [-0.25, -0.2) is 9.78 Å². The van der Waals surface area contributed by atoms with Crippen molar-refractivity contribution in [1.29, 1.82) is 0 Å². The van der Waals surface area contributed by atoms with Gasteiger partial charge in [0.1, 0.15) is 5.54 Å². The highest BCUT2D eigenvalue weighted by molar-refractivity contribution is 5.96. The number of amides is 1. The van der Waals surface area contributed by atoms with Crippen molar-refractivity contribution >= 4 is 17.7 Å². The van der Waals surface area contributed by atoms with E-state index in [2.05, 4.69) is 10.3 Å². The zero-order valence-corrected chi connectivity index (χ0v) is 11.4. The molecule has 0 aliphatic heterocycles. The number of carboxylic acid groups (broad SMARTS) is 1. The van der Waals surface area contributed by atoms with E-state index < -0.39 is 22.3 Å². The number of nitrogens with one attached hydrogen (secondary N) is 2. The highest BCUT2D eigenvalue weighted by Crippen LogP contribution is 2.28. The first-order chi connectivity index (χ1) is 9.94. The van der Waals surface area contributed by atoms with Gasteiger partial charge in [-0.3, -0.25) is 4.79 Å². The Hall–Kier alpha value is -2.38. The molecular weight excluding hydrogens is 278 g/mol. The fourth-order valence-electron chi connectivity index (χ4n) is 2.63. The van der Waals surface area contributed by atoms with Gasteiger partial charge in [0.2, 0.25) is 0 Å². The Morgan fingerprint density at radius 2 is 1.86 bits per heavy atom. The van der Waals surface area contributed by atoms with Crippen molar-refractivity contribution in [1.82, 2.24) is 10.3 Å². The van der Waals surface area contributed by atoms with Crippen molar-refractivity contribution < 1.29 is 19.6 Å². The summed E-state index contributed by atoms with van der Waals surface area (Å²) in [6, 6.07) is 2.45. The van der Waals surface area contributed by atoms with Crippen LogP contribution in [-0.2, 0) is 4.79 Å². The van der Waals surface area contributed by atoms with Gasteiger partial charge < -0.3 is 20.5 Å². The number of aromatic nitrogens is 1. The molecule has 1 fully saturated rings. The number of aromatic amines is 1. The van der Waals surface area contributed by atoms with Crippen molar-refractivity contribution in [3.8, 4) is 0 Å². The second-order valence-electron chi connectivity index (χ2n) is 5.27. The van der Waals surface area contributed by atoms with E-state index in [0.29, 0.717) is 12.8 Å². The highest BCUT2D eigenvalue weighted by Gasteiger charge is 2.40. The number of nitro groups is 1. The van der Waals surface area contributed by atoms with E-state index in [9.17, 15) is 24.8 Å². The Labute approximate surface area is 120 Å². The summed E-state index contributed by atoms with van der Waals surface area (Å²) in [6.45, 7) is 0. The van der Waals surface area contributed by atoms with Gasteiger partial charge >= 0.3 is 11.8 Å². The first-order valence-corrected chi connectivity index (χ1v) is 6.84. The summed E-state index contributed by atoms with van der Waals surface area (Å²) in [5.74, 6) is -1.99. The van der Waals surface area contributed by atoms with Gasteiger partial charge in [0.15, 0.2) is 5.69 Å². The lowest BCUT2D eigenvalue weighted by molar-refractivity contribution is -0.389. The molecule has 8 nitrogen and oxygen atoms in total. The van der Waals surface area contributed by atoms with Crippen LogP contribution in [0.2, 0.25) is 0 Å². The molecule has 1 aliphatic rings. The van der Waals surface area contributed by atoms with E-state index in [1.807, 2.05) is 0 Å². The molecule has 3 N–H and O–H groups in total. The van der Waals surface area contributed by atoms with Crippen LogP contribution in [-0.4, -0.2) is 32.4 Å². The molecule has 8 heteroatoms. The molecule has 0 unspecified atom stereocenters. The molecule has 21 heavy (non-hydrogen) atoms. The Kier molecular flexibility index (Phi) is 4.25. The van der Waals surface area contributed by atoms with E-state index in [1.54, 1.807) is 0 Å². The van der Waals surface area contributed by atoms with Gasteiger partial charge in [-0.2, -0.15) is 0 Å². The van der Waals surface area contributed by atoms with Gasteiger partial charge in [-0.05, 0) is 23.8 Å². The third-order valence-corrected chi connectivity index (χ3v) is 3.83. The molecule has 1 aromatic rings. The van der Waals surface area contributed by atoms with Crippen molar-refractivity contribution in [3.05, 3.63) is 27.9 Å². The Bertz CT molecular complexity index is 558. The summed E-state index contributed by atoms with van der Waals surface area (Å²) >= 11 is 0. The zero-order chi connectivity index (χ0) is 15.5. The van der Waals surface area contributed by atoms with Gasteiger partial charge in [0, 0.05) is 6.07 Å². The number of carbonyl (C=O) groups excluding carboxylic acids is 1. The van der Waals surface area contributed by atoms with Crippen LogP contribution in [0.4, 0.5) is 5.82 Å². The summed E-state index contributed by atoms with van der Waals surface area (Å²) < 4.78 is 0. The van der Waals surface area contributed by atoms with E-state index in [0.717, 1.165) is 25.7 Å². The topological polar surface area (TPSA) is 125 Å². The second kappa shape index (κ2) is 5.94. The Balaban J connectivity index is 2.17. The van der Waals surface area contributed by atoms with Crippen LogP contribution in [0, 0.1) is 10.1 Å². The minimum atomic E-state index is -1.28. The van der Waals surface area contributed by atoms with Gasteiger partial charge in [-0.1, -0.05) is 25.7 Å². The van der Waals surface area contributed by atoms with E-state index in [4.69, 9.17) is 0 Å². The molecule has 0 spiro atoms. The lowest BCUT2D eigenvalue weighted by Gasteiger charge is -2.28. The van der Waals surface area contributed by atoms with Crippen molar-refractivity contribution in [2.75, 3.05) is 0 Å². The Morgan fingerprint density at radius 3 is 2.33 bits per heavy atom. The maximum absolute atomic E-state index is 12.1. The number of nitrogens with zero attached hydrogens (tertiary/aromatic N) is 1. The second-order valence-corrected chi connectivity index (χ2v) is 5.27. The fraction of sp³-hybridized carbons (Fsp3) is 0.538. The summed E-state index contributed by atoms with van der Waals surface area (Å²) in [5, 5.41) is 22.6. The number of rotatable bonds is 4. The molecule has 0 saturated heterocycles. The van der Waals surface area contributed by atoms with Crippen molar-refractivity contribution in [3.63, 3.8) is 0 Å². The lowest BCUT2D eigenvalue weighted by Crippen LogP contribution is -2.54. The summed E-state index contributed by atoms with van der Waals surface area (Å²) in [6.07, 6.45) is 4.10. The molecule has 0 atom stereocenters. The number of hydrogen-bond acceptors (Lipinski definition) is 4. The quantitative estimate of drug-likeness (QED) is 0.444. The van der Waals surface area contributed by atoms with Crippen LogP contribution in [0.3, 0.4) is 0 Å². The first kappa shape index (κ1) is 15.0. The van der Waals surface area contributed by atoms with E-state index in [-0.39, 0.29) is 11.5 Å². The predicted molar refractivity (Wildman–Crippen MR) is 73.0 cm³/mol. The zero-order valence-electron chi connectivity index (χ0n) is 11.4. The van der Waals surface area contributed by atoms with Crippen molar-refractivity contribution in [2.24, 2.45) is 0 Å². The molecule has 0 aromatic carbocycles. The lowest BCUT2D eigenvalue weighted by atomic mass is 9.90. The average Bonchev–Trinajstić information content (AvgIpc) is 2.81. The minimum Gasteiger partial charge on any atom is -0.480 e.